The first-order chi connectivity index (χ1) is 12.0. The Balaban J connectivity index is 2.72. The van der Waals surface area contributed by atoms with Crippen LogP contribution in [-0.2, 0) is 6.54 Å². The number of hydrogen-bond acceptors (Lipinski definition) is 3. The maximum atomic E-state index is 9.37. The monoisotopic (exact) mass is 348 g/mol. The first-order valence-electron chi connectivity index (χ1n) is 9.39. The van der Waals surface area contributed by atoms with Crippen LogP contribution in [-0.4, -0.2) is 44.9 Å². The van der Waals surface area contributed by atoms with Gasteiger partial charge in [-0.1, -0.05) is 26.0 Å². The Hall–Kier alpha value is -1.75. The van der Waals surface area contributed by atoms with E-state index in [1.807, 2.05) is 14.1 Å². The summed E-state index contributed by atoms with van der Waals surface area (Å²) in [5.74, 6) is 0.836. The number of nitrogens with zero attached hydrogens (tertiary/aromatic N) is 2. The van der Waals surface area contributed by atoms with Crippen molar-refractivity contribution in [3.05, 3.63) is 29.8 Å². The number of guanidine groups is 1. The summed E-state index contributed by atoms with van der Waals surface area (Å²) in [7, 11) is 4.08. The van der Waals surface area contributed by atoms with Crippen molar-refractivity contribution < 1.29 is 5.11 Å². The predicted octanol–water partition coefficient (Wildman–Crippen LogP) is 3.00. The topological polar surface area (TPSA) is 59.9 Å². The Morgan fingerprint density at radius 3 is 2.20 bits per heavy atom. The molecule has 0 saturated heterocycles. The normalized spacial score (nSPS) is 12.2. The van der Waals surface area contributed by atoms with E-state index in [4.69, 9.17) is 4.99 Å². The molecule has 0 bridgehead atoms. The molecule has 0 unspecified atom stereocenters. The summed E-state index contributed by atoms with van der Waals surface area (Å²) in [6.07, 6.45) is 2.91. The Bertz CT molecular complexity index is 507. The van der Waals surface area contributed by atoms with E-state index in [0.717, 1.165) is 38.3 Å². The lowest BCUT2D eigenvalue weighted by Crippen LogP contribution is -2.43. The molecule has 0 atom stereocenters. The van der Waals surface area contributed by atoms with E-state index in [9.17, 15) is 5.11 Å². The van der Waals surface area contributed by atoms with Crippen LogP contribution in [0.2, 0.25) is 0 Å². The van der Waals surface area contributed by atoms with Gasteiger partial charge in [-0.05, 0) is 49.3 Å². The van der Waals surface area contributed by atoms with E-state index in [1.165, 1.54) is 11.3 Å². The van der Waals surface area contributed by atoms with Crippen LogP contribution in [0.25, 0.3) is 0 Å². The third kappa shape index (κ3) is 6.94. The molecule has 0 fully saturated rings. The molecule has 25 heavy (non-hydrogen) atoms. The zero-order chi connectivity index (χ0) is 18.7. The third-order valence-electron chi connectivity index (χ3n) is 4.99. The van der Waals surface area contributed by atoms with Crippen LogP contribution in [0.1, 0.15) is 45.6 Å². The van der Waals surface area contributed by atoms with Gasteiger partial charge in [0.2, 0.25) is 0 Å². The molecule has 0 saturated carbocycles. The van der Waals surface area contributed by atoms with E-state index in [2.05, 4.69) is 60.6 Å². The SMILES string of the molecule is CCNC(=NCc1ccc(N(C)C)cc1)NCC(CC)(CC)CCO. The first kappa shape index (κ1) is 21.3. The van der Waals surface area contributed by atoms with E-state index in [0.29, 0.717) is 6.54 Å². The number of nitrogens with one attached hydrogen (secondary N) is 2. The van der Waals surface area contributed by atoms with E-state index in [1.54, 1.807) is 0 Å². The Kier molecular flexibility index (Phi) is 9.35. The molecular formula is C20H36N4O. The molecule has 0 aliphatic rings. The van der Waals surface area contributed by atoms with E-state index < -0.39 is 0 Å². The standard InChI is InChI=1S/C20H36N4O/c1-6-20(7-2,13-14-25)16-23-19(21-8-3)22-15-17-9-11-18(12-10-17)24(4)5/h9-12,25H,6-8,13-16H2,1-5H3,(H2,21,22,23). The molecule has 5 heteroatoms. The maximum absolute atomic E-state index is 9.37. The van der Waals surface area contributed by atoms with Gasteiger partial charge in [0.15, 0.2) is 5.96 Å². The summed E-state index contributed by atoms with van der Waals surface area (Å²) in [6, 6.07) is 8.48. The molecule has 1 aromatic carbocycles. The van der Waals surface area contributed by atoms with Crippen molar-refractivity contribution in [3.63, 3.8) is 0 Å². The molecule has 1 aromatic rings. The minimum absolute atomic E-state index is 0.123. The van der Waals surface area contributed by atoms with Gasteiger partial charge in [0.1, 0.15) is 0 Å². The summed E-state index contributed by atoms with van der Waals surface area (Å²) >= 11 is 0. The van der Waals surface area contributed by atoms with Gasteiger partial charge in [0.05, 0.1) is 6.54 Å². The van der Waals surface area contributed by atoms with Gasteiger partial charge in [-0.3, -0.25) is 0 Å². The number of rotatable bonds is 10. The van der Waals surface area contributed by atoms with Crippen molar-refractivity contribution in [2.45, 2.75) is 46.6 Å². The lowest BCUT2D eigenvalue weighted by molar-refractivity contribution is 0.169. The highest BCUT2D eigenvalue weighted by atomic mass is 16.3. The molecule has 0 heterocycles. The highest BCUT2D eigenvalue weighted by molar-refractivity contribution is 5.79. The summed E-state index contributed by atoms with van der Waals surface area (Å²) in [6.45, 7) is 8.99. The third-order valence-corrected chi connectivity index (χ3v) is 4.99. The van der Waals surface area contributed by atoms with E-state index in [-0.39, 0.29) is 12.0 Å². The van der Waals surface area contributed by atoms with Crippen molar-refractivity contribution >= 4 is 11.6 Å². The highest BCUT2D eigenvalue weighted by Crippen LogP contribution is 2.29. The number of hydrogen-bond donors (Lipinski definition) is 3. The van der Waals surface area contributed by atoms with Crippen LogP contribution in [0.15, 0.2) is 29.3 Å². The molecule has 0 spiro atoms. The molecule has 5 nitrogen and oxygen atoms in total. The van der Waals surface area contributed by atoms with Crippen LogP contribution in [0, 0.1) is 5.41 Å². The maximum Gasteiger partial charge on any atom is 0.191 e. The van der Waals surface area contributed by atoms with Gasteiger partial charge in [-0.2, -0.15) is 0 Å². The molecule has 0 aromatic heterocycles. The van der Waals surface area contributed by atoms with Gasteiger partial charge in [-0.15, -0.1) is 0 Å². The molecular weight excluding hydrogens is 312 g/mol. The fraction of sp³-hybridized carbons (Fsp3) is 0.650. The lowest BCUT2D eigenvalue weighted by Gasteiger charge is -2.32. The first-order valence-corrected chi connectivity index (χ1v) is 9.39. The minimum atomic E-state index is 0.123. The summed E-state index contributed by atoms with van der Waals surface area (Å²) in [5, 5.41) is 16.2. The molecule has 3 N–H and O–H groups in total. The second-order valence-electron chi connectivity index (χ2n) is 6.79. The van der Waals surface area contributed by atoms with Gasteiger partial charge < -0.3 is 20.6 Å². The van der Waals surface area contributed by atoms with Crippen molar-refractivity contribution in [1.82, 2.24) is 10.6 Å². The van der Waals surface area contributed by atoms with Gasteiger partial charge in [0.25, 0.3) is 0 Å². The van der Waals surface area contributed by atoms with Crippen LogP contribution < -0.4 is 15.5 Å². The van der Waals surface area contributed by atoms with Gasteiger partial charge >= 0.3 is 0 Å². The number of aliphatic hydroxyl groups excluding tert-OH is 1. The Morgan fingerprint density at radius 1 is 1.08 bits per heavy atom. The largest absolute Gasteiger partial charge is 0.396 e. The predicted molar refractivity (Wildman–Crippen MR) is 108 cm³/mol. The fourth-order valence-corrected chi connectivity index (χ4v) is 2.86. The van der Waals surface area contributed by atoms with Gasteiger partial charge in [-0.25, -0.2) is 4.99 Å². The summed E-state index contributed by atoms with van der Waals surface area (Å²) < 4.78 is 0. The molecule has 0 radical (unpaired) electrons. The van der Waals surface area contributed by atoms with Crippen molar-refractivity contribution in [1.29, 1.82) is 0 Å². The Labute approximate surface area is 153 Å². The Morgan fingerprint density at radius 2 is 1.72 bits per heavy atom. The van der Waals surface area contributed by atoms with Crippen molar-refractivity contribution in [2.24, 2.45) is 10.4 Å². The molecule has 142 valence electrons. The number of aliphatic imine (C=N–C) groups is 1. The fourth-order valence-electron chi connectivity index (χ4n) is 2.86. The molecule has 0 amide bonds. The van der Waals surface area contributed by atoms with Crippen LogP contribution >= 0.6 is 0 Å². The van der Waals surface area contributed by atoms with Crippen molar-refractivity contribution in [3.8, 4) is 0 Å². The average Bonchev–Trinajstić information content (AvgIpc) is 2.63. The molecule has 0 aliphatic carbocycles. The number of anilines is 1. The second-order valence-corrected chi connectivity index (χ2v) is 6.79. The number of aliphatic hydroxyl groups is 1. The molecule has 1 rings (SSSR count). The highest BCUT2D eigenvalue weighted by Gasteiger charge is 2.25. The average molecular weight is 349 g/mol. The van der Waals surface area contributed by atoms with Crippen LogP contribution in [0.3, 0.4) is 0 Å². The summed E-state index contributed by atoms with van der Waals surface area (Å²) in [5.41, 5.74) is 2.51. The zero-order valence-corrected chi connectivity index (χ0v) is 16.6. The zero-order valence-electron chi connectivity index (χ0n) is 16.6. The second kappa shape index (κ2) is 11.0. The lowest BCUT2D eigenvalue weighted by atomic mass is 9.79. The minimum Gasteiger partial charge on any atom is -0.396 e. The molecule has 0 aliphatic heterocycles. The number of benzene rings is 1. The quantitative estimate of drug-likeness (QED) is 0.449. The van der Waals surface area contributed by atoms with Gasteiger partial charge in [0, 0.05) is 39.5 Å². The summed E-state index contributed by atoms with van der Waals surface area (Å²) in [4.78, 5) is 6.80. The van der Waals surface area contributed by atoms with E-state index >= 15 is 0 Å². The van der Waals surface area contributed by atoms with Crippen LogP contribution in [0.5, 0.6) is 0 Å². The van der Waals surface area contributed by atoms with Crippen molar-refractivity contribution in [2.75, 3.05) is 38.7 Å². The van der Waals surface area contributed by atoms with Crippen LogP contribution in [0.4, 0.5) is 5.69 Å². The smallest absolute Gasteiger partial charge is 0.191 e.